The van der Waals surface area contributed by atoms with Crippen molar-refractivity contribution in [3.8, 4) is 0 Å². The van der Waals surface area contributed by atoms with Crippen molar-refractivity contribution < 1.29 is 5.11 Å². The minimum absolute atomic E-state index is 0.256. The second-order valence-electron chi connectivity index (χ2n) is 8.28. The van der Waals surface area contributed by atoms with E-state index in [0.717, 1.165) is 26.1 Å². The molecule has 1 unspecified atom stereocenters. The second-order valence-corrected chi connectivity index (χ2v) is 8.28. The zero-order valence-electron chi connectivity index (χ0n) is 18.3. The molecule has 1 atom stereocenters. The van der Waals surface area contributed by atoms with E-state index in [1.54, 1.807) is 0 Å². The highest BCUT2D eigenvalue weighted by Crippen LogP contribution is 2.13. The van der Waals surface area contributed by atoms with Crippen LogP contribution in [-0.4, -0.2) is 41.6 Å². The second kappa shape index (κ2) is 17.3. The molecule has 27 heavy (non-hydrogen) atoms. The normalized spacial score (nSPS) is 15.7. The smallest absolute Gasteiger partial charge is 0.0991 e. The van der Waals surface area contributed by atoms with Gasteiger partial charge >= 0.3 is 0 Å². The Morgan fingerprint density at radius 2 is 1.44 bits per heavy atom. The summed E-state index contributed by atoms with van der Waals surface area (Å²) in [6.07, 6.45) is 24.6. The number of aliphatic hydroxyl groups excluding tert-OH is 1. The molecular weight excluding hydrogens is 332 g/mol. The number of unbranched alkanes of at least 4 members (excludes halogenated alkanes) is 12. The van der Waals surface area contributed by atoms with Gasteiger partial charge in [0.2, 0.25) is 0 Å². The first-order valence-electron chi connectivity index (χ1n) is 11.9. The highest BCUT2D eigenvalue weighted by Gasteiger charge is 2.17. The monoisotopic (exact) mass is 378 g/mol. The molecule has 1 N–H and O–H groups in total. The number of hydrogen-bond donors (Lipinski definition) is 1. The molecular formula is C24H46N2O. The quantitative estimate of drug-likeness (QED) is 0.218. The third-order valence-electron chi connectivity index (χ3n) is 5.43. The van der Waals surface area contributed by atoms with Gasteiger partial charge in [0, 0.05) is 19.5 Å². The summed E-state index contributed by atoms with van der Waals surface area (Å²) in [5.41, 5.74) is 0. The Kier molecular flexibility index (Phi) is 15.5. The average Bonchev–Trinajstić information content (AvgIpc) is 3.07. The van der Waals surface area contributed by atoms with E-state index in [4.69, 9.17) is 0 Å². The number of aliphatic imine (C=N–C) groups is 1. The van der Waals surface area contributed by atoms with Crippen LogP contribution in [0.5, 0.6) is 0 Å². The van der Waals surface area contributed by atoms with E-state index in [1.807, 2.05) is 6.92 Å². The van der Waals surface area contributed by atoms with Gasteiger partial charge in [0.25, 0.3) is 0 Å². The molecule has 0 saturated carbocycles. The fraction of sp³-hybridized carbons (Fsp3) is 0.875. The van der Waals surface area contributed by atoms with Gasteiger partial charge in [-0.1, -0.05) is 76.9 Å². The molecule has 0 saturated heterocycles. The molecule has 0 aromatic heterocycles. The average molecular weight is 379 g/mol. The Balaban J connectivity index is 1.83. The molecule has 1 aliphatic heterocycles. The Labute approximate surface area is 169 Å². The minimum atomic E-state index is -0.256. The van der Waals surface area contributed by atoms with Crippen molar-refractivity contribution in [1.82, 2.24) is 4.90 Å². The summed E-state index contributed by atoms with van der Waals surface area (Å²) in [6.45, 7) is 6.79. The van der Waals surface area contributed by atoms with Gasteiger partial charge in [-0.15, -0.1) is 0 Å². The number of allylic oxidation sites excluding steroid dienone is 2. The maximum absolute atomic E-state index is 9.54. The summed E-state index contributed by atoms with van der Waals surface area (Å²) in [5.74, 6) is 1.23. The molecule has 0 aliphatic carbocycles. The van der Waals surface area contributed by atoms with Crippen LogP contribution in [0.4, 0.5) is 0 Å². The lowest BCUT2D eigenvalue weighted by molar-refractivity contribution is 0.162. The van der Waals surface area contributed by atoms with E-state index in [2.05, 4.69) is 29.0 Å². The predicted octanol–water partition coefficient (Wildman–Crippen LogP) is 6.51. The summed E-state index contributed by atoms with van der Waals surface area (Å²) in [6, 6.07) is 0. The first-order valence-corrected chi connectivity index (χ1v) is 11.9. The molecule has 1 rings (SSSR count). The van der Waals surface area contributed by atoms with Crippen LogP contribution in [0.3, 0.4) is 0 Å². The van der Waals surface area contributed by atoms with E-state index in [-0.39, 0.29) is 6.10 Å². The lowest BCUT2D eigenvalue weighted by atomic mass is 10.1. The zero-order chi connectivity index (χ0) is 19.6. The molecule has 0 aromatic rings. The van der Waals surface area contributed by atoms with E-state index in [0.29, 0.717) is 0 Å². The summed E-state index contributed by atoms with van der Waals surface area (Å²) >= 11 is 0. The fourth-order valence-corrected chi connectivity index (χ4v) is 3.81. The number of amidine groups is 1. The molecule has 0 spiro atoms. The van der Waals surface area contributed by atoms with Crippen molar-refractivity contribution in [2.75, 3.05) is 19.6 Å². The number of rotatable bonds is 18. The molecule has 0 aromatic carbocycles. The van der Waals surface area contributed by atoms with E-state index in [9.17, 15) is 5.11 Å². The van der Waals surface area contributed by atoms with Crippen molar-refractivity contribution in [2.45, 2.75) is 116 Å². The van der Waals surface area contributed by atoms with Gasteiger partial charge in [0.05, 0.1) is 18.5 Å². The van der Waals surface area contributed by atoms with Gasteiger partial charge in [-0.2, -0.15) is 0 Å². The molecule has 0 radical (unpaired) electrons. The van der Waals surface area contributed by atoms with Crippen LogP contribution in [0.15, 0.2) is 17.1 Å². The molecule has 3 heteroatoms. The van der Waals surface area contributed by atoms with Crippen molar-refractivity contribution in [3.63, 3.8) is 0 Å². The van der Waals surface area contributed by atoms with Crippen molar-refractivity contribution in [2.24, 2.45) is 4.99 Å². The molecule has 1 heterocycles. The first-order chi connectivity index (χ1) is 13.2. The van der Waals surface area contributed by atoms with E-state index in [1.165, 1.54) is 95.7 Å². The molecule has 158 valence electrons. The zero-order valence-corrected chi connectivity index (χ0v) is 18.3. The maximum Gasteiger partial charge on any atom is 0.0991 e. The standard InChI is InChI=1S/C24H46N2O/c1-3-4-5-6-7-8-9-10-11-12-13-14-15-16-17-18-19-24-25-20-21-26(24)22-23(2)27/h10-11,23,27H,3-9,12-22H2,1-2H3/b11-10-. The highest BCUT2D eigenvalue weighted by molar-refractivity contribution is 5.83. The Bertz CT molecular complexity index is 390. The van der Waals surface area contributed by atoms with E-state index >= 15 is 0 Å². The third kappa shape index (κ3) is 13.9. The number of hydrogen-bond acceptors (Lipinski definition) is 3. The van der Waals surface area contributed by atoms with Crippen LogP contribution in [0.1, 0.15) is 110 Å². The van der Waals surface area contributed by atoms with Gasteiger partial charge < -0.3 is 10.0 Å². The largest absolute Gasteiger partial charge is 0.392 e. The third-order valence-corrected chi connectivity index (χ3v) is 5.43. The fourth-order valence-electron chi connectivity index (χ4n) is 3.81. The van der Waals surface area contributed by atoms with Gasteiger partial charge in [0.15, 0.2) is 0 Å². The van der Waals surface area contributed by atoms with Crippen LogP contribution in [0.2, 0.25) is 0 Å². The maximum atomic E-state index is 9.54. The predicted molar refractivity (Wildman–Crippen MR) is 120 cm³/mol. The van der Waals surface area contributed by atoms with Crippen LogP contribution in [0.25, 0.3) is 0 Å². The van der Waals surface area contributed by atoms with Crippen molar-refractivity contribution in [1.29, 1.82) is 0 Å². The lowest BCUT2D eigenvalue weighted by Crippen LogP contribution is -2.34. The summed E-state index contributed by atoms with van der Waals surface area (Å²) in [5, 5.41) is 9.54. The highest BCUT2D eigenvalue weighted by atomic mass is 16.3. The summed E-state index contributed by atoms with van der Waals surface area (Å²) in [4.78, 5) is 6.87. The van der Waals surface area contributed by atoms with Gasteiger partial charge in [-0.05, 0) is 39.0 Å². The Hall–Kier alpha value is -0.830. The summed E-state index contributed by atoms with van der Waals surface area (Å²) < 4.78 is 0. The van der Waals surface area contributed by atoms with Crippen LogP contribution in [0, 0.1) is 0 Å². The molecule has 0 bridgehead atoms. The van der Waals surface area contributed by atoms with Crippen LogP contribution < -0.4 is 0 Å². The number of β-amino-alcohol motifs (C(OH)–C–C–N with tert-alkyl or cyclic N) is 1. The van der Waals surface area contributed by atoms with Crippen LogP contribution in [-0.2, 0) is 0 Å². The van der Waals surface area contributed by atoms with Gasteiger partial charge in [-0.25, -0.2) is 0 Å². The molecule has 3 nitrogen and oxygen atoms in total. The van der Waals surface area contributed by atoms with Gasteiger partial charge in [0.1, 0.15) is 0 Å². The Morgan fingerprint density at radius 3 is 2.04 bits per heavy atom. The van der Waals surface area contributed by atoms with Gasteiger partial charge in [-0.3, -0.25) is 4.99 Å². The SMILES string of the molecule is CCCCCCCC/C=C\CCCCCCCCC1=NCCN1CC(C)O. The lowest BCUT2D eigenvalue weighted by Gasteiger charge is -2.21. The van der Waals surface area contributed by atoms with Crippen molar-refractivity contribution >= 4 is 5.84 Å². The van der Waals surface area contributed by atoms with Crippen molar-refractivity contribution in [3.05, 3.63) is 12.2 Å². The van der Waals surface area contributed by atoms with Crippen LogP contribution >= 0.6 is 0 Å². The first kappa shape index (κ1) is 24.2. The minimum Gasteiger partial charge on any atom is -0.392 e. The summed E-state index contributed by atoms with van der Waals surface area (Å²) in [7, 11) is 0. The number of nitrogens with zero attached hydrogens (tertiary/aromatic N) is 2. The topological polar surface area (TPSA) is 35.8 Å². The Morgan fingerprint density at radius 1 is 0.889 bits per heavy atom. The molecule has 1 aliphatic rings. The van der Waals surface area contributed by atoms with E-state index < -0.39 is 0 Å². The molecule has 0 amide bonds. The molecule has 0 fully saturated rings. The number of aliphatic hydroxyl groups is 1.